The van der Waals surface area contributed by atoms with E-state index in [4.69, 9.17) is 9.97 Å². The molecule has 0 saturated heterocycles. The van der Waals surface area contributed by atoms with Crippen molar-refractivity contribution in [2.75, 3.05) is 0 Å². The molecule has 0 atom stereocenters. The minimum Gasteiger partial charge on any atom is -0.308 e. The maximum absolute atomic E-state index is 5.20. The van der Waals surface area contributed by atoms with Gasteiger partial charge in [0.05, 0.1) is 39.7 Å². The first-order chi connectivity index (χ1) is 24.8. The van der Waals surface area contributed by atoms with E-state index in [0.29, 0.717) is 5.95 Å². The lowest BCUT2D eigenvalue weighted by Gasteiger charge is -2.12. The Hall–Kier alpha value is -6.85. The van der Waals surface area contributed by atoms with Gasteiger partial charge in [0.2, 0.25) is 5.95 Å². The van der Waals surface area contributed by atoms with Gasteiger partial charge in [0, 0.05) is 44.6 Å². The third-order valence-corrected chi connectivity index (χ3v) is 9.65. The van der Waals surface area contributed by atoms with E-state index in [9.17, 15) is 0 Å². The van der Waals surface area contributed by atoms with Crippen molar-refractivity contribution < 1.29 is 0 Å². The standard InChI is InChI=1S/C45H29N5/c1-4-13-30(14-5-1)38-28-39(31-15-6-2-7-16-31)48-45(47-38)50-40-21-11-10-19-35(40)37-27-32(23-24-41(37)50)34-20-12-22-42-44(34)36-25-26-46-29-43(36)49(42)33-17-8-3-9-18-33/h1-29H. The molecular formula is C45H29N5. The second-order valence-corrected chi connectivity index (χ2v) is 12.5. The lowest BCUT2D eigenvalue weighted by Crippen LogP contribution is -2.03. The second-order valence-electron chi connectivity index (χ2n) is 12.5. The highest BCUT2D eigenvalue weighted by Crippen LogP contribution is 2.41. The molecule has 0 bridgehead atoms. The fraction of sp³-hybridized carbons (Fsp3) is 0. The fourth-order valence-corrected chi connectivity index (χ4v) is 7.41. The Balaban J connectivity index is 1.22. The number of hydrogen-bond donors (Lipinski definition) is 0. The number of aromatic nitrogens is 5. The Labute approximate surface area is 288 Å². The average molecular weight is 640 g/mol. The van der Waals surface area contributed by atoms with Gasteiger partial charge in [-0.2, -0.15) is 0 Å². The zero-order chi connectivity index (χ0) is 33.0. The van der Waals surface area contributed by atoms with Crippen molar-refractivity contribution in [3.63, 3.8) is 0 Å². The van der Waals surface area contributed by atoms with E-state index in [1.807, 2.05) is 24.5 Å². The highest BCUT2D eigenvalue weighted by molar-refractivity contribution is 6.17. The van der Waals surface area contributed by atoms with Gasteiger partial charge in [0.25, 0.3) is 0 Å². The molecule has 5 heteroatoms. The van der Waals surface area contributed by atoms with Crippen molar-refractivity contribution in [3.8, 4) is 45.3 Å². The van der Waals surface area contributed by atoms with Crippen LogP contribution in [0.5, 0.6) is 0 Å². The van der Waals surface area contributed by atoms with Crippen LogP contribution in [0.1, 0.15) is 0 Å². The van der Waals surface area contributed by atoms with Crippen LogP contribution in [0.25, 0.3) is 88.9 Å². The molecule has 4 aromatic heterocycles. The molecule has 0 radical (unpaired) electrons. The van der Waals surface area contributed by atoms with E-state index in [1.54, 1.807) is 0 Å². The molecule has 0 aliphatic carbocycles. The molecule has 0 amide bonds. The summed E-state index contributed by atoms with van der Waals surface area (Å²) in [7, 11) is 0. The molecule has 234 valence electrons. The summed E-state index contributed by atoms with van der Waals surface area (Å²) in [5.41, 5.74) is 11.7. The molecule has 50 heavy (non-hydrogen) atoms. The molecule has 10 aromatic rings. The number of benzene rings is 6. The highest BCUT2D eigenvalue weighted by atomic mass is 15.2. The maximum Gasteiger partial charge on any atom is 0.235 e. The van der Waals surface area contributed by atoms with E-state index < -0.39 is 0 Å². The van der Waals surface area contributed by atoms with Gasteiger partial charge in [-0.25, -0.2) is 9.97 Å². The molecule has 0 aliphatic heterocycles. The summed E-state index contributed by atoms with van der Waals surface area (Å²) in [6.07, 6.45) is 3.86. The van der Waals surface area contributed by atoms with E-state index in [1.165, 1.54) is 16.3 Å². The summed E-state index contributed by atoms with van der Waals surface area (Å²) >= 11 is 0. The topological polar surface area (TPSA) is 48.5 Å². The van der Waals surface area contributed by atoms with Crippen LogP contribution in [0.2, 0.25) is 0 Å². The molecule has 0 N–H and O–H groups in total. The first-order valence-corrected chi connectivity index (χ1v) is 16.8. The second kappa shape index (κ2) is 11.4. The van der Waals surface area contributed by atoms with Gasteiger partial charge in [-0.15, -0.1) is 0 Å². The third kappa shape index (κ3) is 4.45. The zero-order valence-corrected chi connectivity index (χ0v) is 27.0. The Kier molecular flexibility index (Phi) is 6.42. The minimum atomic E-state index is 0.643. The molecule has 0 unspecified atom stereocenters. The number of pyridine rings is 1. The van der Waals surface area contributed by atoms with Crippen LogP contribution in [0, 0.1) is 0 Å². The average Bonchev–Trinajstić information content (AvgIpc) is 3.71. The van der Waals surface area contributed by atoms with Crippen molar-refractivity contribution in [2.24, 2.45) is 0 Å². The van der Waals surface area contributed by atoms with Crippen LogP contribution in [0.3, 0.4) is 0 Å². The van der Waals surface area contributed by atoms with E-state index in [2.05, 4.69) is 166 Å². The SMILES string of the molecule is c1ccc(-c2cc(-c3ccccc3)nc(-n3c4ccccc4c4cc(-c5cccc6c5c5ccncc5n6-c5ccccc5)ccc43)n2)cc1. The Morgan fingerprint density at radius 1 is 0.400 bits per heavy atom. The molecule has 10 rings (SSSR count). The number of hydrogen-bond acceptors (Lipinski definition) is 3. The van der Waals surface area contributed by atoms with Gasteiger partial charge in [-0.05, 0) is 59.7 Å². The Morgan fingerprint density at radius 3 is 1.78 bits per heavy atom. The molecule has 5 nitrogen and oxygen atoms in total. The summed E-state index contributed by atoms with van der Waals surface area (Å²) in [6, 6.07) is 57.4. The first-order valence-electron chi connectivity index (χ1n) is 16.8. The summed E-state index contributed by atoms with van der Waals surface area (Å²) in [5, 5.41) is 4.70. The fourth-order valence-electron chi connectivity index (χ4n) is 7.41. The normalized spacial score (nSPS) is 11.6. The van der Waals surface area contributed by atoms with Gasteiger partial charge >= 0.3 is 0 Å². The zero-order valence-electron chi connectivity index (χ0n) is 27.0. The van der Waals surface area contributed by atoms with Crippen molar-refractivity contribution in [2.45, 2.75) is 0 Å². The summed E-state index contributed by atoms with van der Waals surface area (Å²) in [4.78, 5) is 14.9. The van der Waals surface area contributed by atoms with Crippen molar-refractivity contribution in [1.29, 1.82) is 0 Å². The van der Waals surface area contributed by atoms with E-state index in [0.717, 1.165) is 66.6 Å². The number of rotatable bonds is 5. The maximum atomic E-state index is 5.20. The Morgan fingerprint density at radius 2 is 1.04 bits per heavy atom. The lowest BCUT2D eigenvalue weighted by molar-refractivity contribution is 0.995. The highest BCUT2D eigenvalue weighted by Gasteiger charge is 2.20. The molecular weight excluding hydrogens is 611 g/mol. The number of nitrogens with zero attached hydrogens (tertiary/aromatic N) is 5. The third-order valence-electron chi connectivity index (χ3n) is 9.65. The van der Waals surface area contributed by atoms with Crippen LogP contribution in [-0.4, -0.2) is 24.1 Å². The monoisotopic (exact) mass is 639 g/mol. The van der Waals surface area contributed by atoms with Gasteiger partial charge < -0.3 is 4.57 Å². The first kappa shape index (κ1) is 28.2. The van der Waals surface area contributed by atoms with E-state index >= 15 is 0 Å². The van der Waals surface area contributed by atoms with E-state index in [-0.39, 0.29) is 0 Å². The summed E-state index contributed by atoms with van der Waals surface area (Å²) in [6.45, 7) is 0. The van der Waals surface area contributed by atoms with Crippen molar-refractivity contribution in [3.05, 3.63) is 176 Å². The van der Waals surface area contributed by atoms with Crippen molar-refractivity contribution in [1.82, 2.24) is 24.1 Å². The van der Waals surface area contributed by atoms with Crippen LogP contribution < -0.4 is 0 Å². The number of fused-ring (bicyclic) bond motifs is 6. The van der Waals surface area contributed by atoms with Crippen molar-refractivity contribution >= 4 is 43.6 Å². The van der Waals surface area contributed by atoms with Crippen LogP contribution in [0.4, 0.5) is 0 Å². The quantitative estimate of drug-likeness (QED) is 0.188. The van der Waals surface area contributed by atoms with Crippen LogP contribution in [0.15, 0.2) is 176 Å². The number of para-hydroxylation sites is 2. The van der Waals surface area contributed by atoms with Gasteiger partial charge in [-0.1, -0.05) is 115 Å². The molecule has 0 aliphatic rings. The summed E-state index contributed by atoms with van der Waals surface area (Å²) < 4.78 is 4.52. The smallest absolute Gasteiger partial charge is 0.235 e. The minimum absolute atomic E-state index is 0.643. The van der Waals surface area contributed by atoms with Gasteiger partial charge in [-0.3, -0.25) is 9.55 Å². The molecule has 0 spiro atoms. The van der Waals surface area contributed by atoms with Gasteiger partial charge in [0.1, 0.15) is 0 Å². The molecule has 0 fully saturated rings. The van der Waals surface area contributed by atoms with Gasteiger partial charge in [0.15, 0.2) is 0 Å². The van der Waals surface area contributed by atoms with Crippen LogP contribution in [-0.2, 0) is 0 Å². The lowest BCUT2D eigenvalue weighted by atomic mass is 9.98. The largest absolute Gasteiger partial charge is 0.308 e. The van der Waals surface area contributed by atoms with Crippen LogP contribution >= 0.6 is 0 Å². The predicted octanol–water partition coefficient (Wildman–Crippen LogP) is 11.1. The predicted molar refractivity (Wildman–Crippen MR) is 205 cm³/mol. The molecule has 6 aromatic carbocycles. The molecule has 4 heterocycles. The summed E-state index contributed by atoms with van der Waals surface area (Å²) in [5.74, 6) is 0.643. The Bertz CT molecular complexity index is 2800. The molecule has 0 saturated carbocycles.